The molecule has 1 heterocycles. The van der Waals surface area contributed by atoms with Gasteiger partial charge in [0.2, 0.25) is 0 Å². The van der Waals surface area contributed by atoms with Gasteiger partial charge in [-0.15, -0.1) is 0 Å². The van der Waals surface area contributed by atoms with Crippen molar-refractivity contribution in [2.75, 3.05) is 6.54 Å². The number of carboxylic acids is 1. The van der Waals surface area contributed by atoms with Gasteiger partial charge in [-0.05, 0) is 12.0 Å². The smallest absolute Gasteiger partial charge is 0.408 e. The fourth-order valence-electron chi connectivity index (χ4n) is 2.15. The first-order chi connectivity index (χ1) is 9.08. The highest BCUT2D eigenvalue weighted by molar-refractivity contribution is 7.99. The number of aliphatic carboxylic acids is 1. The maximum atomic E-state index is 11.0. The Bertz CT molecular complexity index is 443. The van der Waals surface area contributed by atoms with Crippen molar-refractivity contribution in [1.82, 2.24) is 4.90 Å². The van der Waals surface area contributed by atoms with Gasteiger partial charge in [0.15, 0.2) is 0 Å². The summed E-state index contributed by atoms with van der Waals surface area (Å²) < 4.78 is 0. The van der Waals surface area contributed by atoms with Crippen molar-refractivity contribution >= 4 is 23.8 Å². The van der Waals surface area contributed by atoms with Gasteiger partial charge in [0, 0.05) is 17.5 Å². The maximum Gasteiger partial charge on any atom is 0.408 e. The van der Waals surface area contributed by atoms with Crippen LogP contribution in [0.25, 0.3) is 0 Å². The Labute approximate surface area is 115 Å². The molecular weight excluding hydrogens is 266 g/mol. The average Bonchev–Trinajstić information content (AvgIpc) is 2.82. The van der Waals surface area contributed by atoms with Crippen molar-refractivity contribution in [3.8, 4) is 0 Å². The van der Waals surface area contributed by atoms with Gasteiger partial charge in [0.25, 0.3) is 0 Å². The van der Waals surface area contributed by atoms with E-state index in [0.29, 0.717) is 6.42 Å². The minimum absolute atomic E-state index is 0.0393. The Morgan fingerprint density at radius 3 is 2.47 bits per heavy atom. The predicted molar refractivity (Wildman–Crippen MR) is 72.3 cm³/mol. The Morgan fingerprint density at radius 1 is 1.26 bits per heavy atom. The molecule has 1 fully saturated rings. The molecule has 0 spiro atoms. The van der Waals surface area contributed by atoms with Crippen LogP contribution in [0.2, 0.25) is 0 Å². The topological polar surface area (TPSA) is 77.8 Å². The number of amides is 1. The van der Waals surface area contributed by atoms with Gasteiger partial charge in [-0.25, -0.2) is 9.59 Å². The summed E-state index contributed by atoms with van der Waals surface area (Å²) in [5, 5.41) is 18.0. The number of nitrogens with zero attached hydrogens (tertiary/aromatic N) is 1. The minimum Gasteiger partial charge on any atom is -0.480 e. The number of carboxylic acid groups (broad SMARTS) is 2. The lowest BCUT2D eigenvalue weighted by molar-refractivity contribution is -0.141. The van der Waals surface area contributed by atoms with Crippen LogP contribution in [0.5, 0.6) is 0 Å². The van der Waals surface area contributed by atoms with Gasteiger partial charge < -0.3 is 10.2 Å². The van der Waals surface area contributed by atoms with Crippen LogP contribution in [0.15, 0.2) is 30.3 Å². The van der Waals surface area contributed by atoms with E-state index in [-0.39, 0.29) is 11.8 Å². The molecule has 0 aliphatic carbocycles. The van der Waals surface area contributed by atoms with E-state index >= 15 is 0 Å². The second-order valence-electron chi connectivity index (χ2n) is 4.44. The number of benzene rings is 1. The molecule has 0 unspecified atom stereocenters. The normalized spacial score (nSPS) is 22.4. The van der Waals surface area contributed by atoms with Gasteiger partial charge in [-0.1, -0.05) is 30.3 Å². The van der Waals surface area contributed by atoms with E-state index < -0.39 is 18.1 Å². The van der Waals surface area contributed by atoms with E-state index in [0.717, 1.165) is 16.2 Å². The largest absolute Gasteiger partial charge is 0.480 e. The van der Waals surface area contributed by atoms with E-state index in [2.05, 4.69) is 0 Å². The van der Waals surface area contributed by atoms with E-state index in [1.807, 2.05) is 30.3 Å². The lowest BCUT2D eigenvalue weighted by atomic mass is 10.2. The van der Waals surface area contributed by atoms with Crippen molar-refractivity contribution in [3.05, 3.63) is 35.9 Å². The van der Waals surface area contributed by atoms with Crippen LogP contribution >= 0.6 is 11.8 Å². The average molecular weight is 281 g/mol. The fraction of sp³-hybridized carbons (Fsp3) is 0.385. The van der Waals surface area contributed by atoms with Gasteiger partial charge in [0.05, 0.1) is 0 Å². The summed E-state index contributed by atoms with van der Waals surface area (Å²) in [6.45, 7) is 0.282. The first-order valence-electron chi connectivity index (χ1n) is 5.96. The Balaban J connectivity index is 1.93. The molecule has 0 radical (unpaired) electrons. The fourth-order valence-corrected chi connectivity index (χ4v) is 3.36. The zero-order valence-electron chi connectivity index (χ0n) is 10.2. The van der Waals surface area contributed by atoms with Gasteiger partial charge in [-0.2, -0.15) is 11.8 Å². The SMILES string of the molecule is O=C(O)[C@@H]1C[C@H](SCc2ccccc2)CN1C(=O)O. The first kappa shape index (κ1) is 13.7. The minimum atomic E-state index is -1.16. The molecule has 2 atom stereocenters. The van der Waals surface area contributed by atoms with Crippen molar-refractivity contribution in [3.63, 3.8) is 0 Å². The van der Waals surface area contributed by atoms with E-state index in [9.17, 15) is 9.59 Å². The number of likely N-dealkylation sites (tertiary alicyclic amines) is 1. The van der Waals surface area contributed by atoms with Gasteiger partial charge in [-0.3, -0.25) is 4.90 Å². The Morgan fingerprint density at radius 2 is 1.95 bits per heavy atom. The molecule has 0 aromatic heterocycles. The molecular formula is C13H15NO4S. The van der Waals surface area contributed by atoms with Crippen LogP contribution in [0.3, 0.4) is 0 Å². The summed E-state index contributed by atoms with van der Waals surface area (Å²) in [5.41, 5.74) is 1.16. The molecule has 1 aliphatic rings. The predicted octanol–water partition coefficient (Wildman–Crippen LogP) is 2.13. The molecule has 1 aliphatic heterocycles. The second kappa shape index (κ2) is 5.97. The molecule has 0 saturated carbocycles. The zero-order chi connectivity index (χ0) is 13.8. The monoisotopic (exact) mass is 281 g/mol. The van der Waals surface area contributed by atoms with Crippen LogP contribution in [-0.2, 0) is 10.5 Å². The highest BCUT2D eigenvalue weighted by atomic mass is 32.2. The van der Waals surface area contributed by atoms with Crippen molar-refractivity contribution < 1.29 is 19.8 Å². The van der Waals surface area contributed by atoms with E-state index in [1.54, 1.807) is 11.8 Å². The first-order valence-corrected chi connectivity index (χ1v) is 7.00. The summed E-state index contributed by atoms with van der Waals surface area (Å²) >= 11 is 1.61. The molecule has 1 saturated heterocycles. The van der Waals surface area contributed by atoms with Crippen LogP contribution in [-0.4, -0.2) is 45.0 Å². The summed E-state index contributed by atoms with van der Waals surface area (Å²) in [7, 11) is 0. The van der Waals surface area contributed by atoms with Crippen molar-refractivity contribution in [2.24, 2.45) is 0 Å². The molecule has 1 aromatic rings. The number of hydrogen-bond acceptors (Lipinski definition) is 3. The van der Waals surface area contributed by atoms with Gasteiger partial charge in [0.1, 0.15) is 6.04 Å². The Kier molecular flexibility index (Phi) is 4.31. The summed E-state index contributed by atoms with van der Waals surface area (Å²) in [6, 6.07) is 8.95. The van der Waals surface area contributed by atoms with E-state index in [1.165, 1.54) is 0 Å². The molecule has 6 heteroatoms. The number of thioether (sulfide) groups is 1. The van der Waals surface area contributed by atoms with Crippen molar-refractivity contribution in [2.45, 2.75) is 23.5 Å². The third kappa shape index (κ3) is 3.41. The molecule has 2 N–H and O–H groups in total. The number of hydrogen-bond donors (Lipinski definition) is 2. The van der Waals surface area contributed by atoms with Crippen LogP contribution in [0.1, 0.15) is 12.0 Å². The van der Waals surface area contributed by atoms with E-state index in [4.69, 9.17) is 10.2 Å². The zero-order valence-corrected chi connectivity index (χ0v) is 11.0. The summed E-state index contributed by atoms with van der Waals surface area (Å²) in [4.78, 5) is 23.0. The standard InChI is InChI=1S/C13H15NO4S/c15-12(16)11-6-10(7-14(11)13(17)18)19-8-9-4-2-1-3-5-9/h1-5,10-11H,6-8H2,(H,15,16)(H,17,18)/t10-,11-/m0/s1. The molecule has 2 rings (SSSR count). The molecule has 19 heavy (non-hydrogen) atoms. The van der Waals surface area contributed by atoms with Crippen LogP contribution in [0, 0.1) is 0 Å². The number of rotatable bonds is 4. The Hall–Kier alpha value is -1.69. The summed E-state index contributed by atoms with van der Waals surface area (Å²) in [6.07, 6.45) is -0.783. The number of carbonyl (C=O) groups is 2. The molecule has 0 bridgehead atoms. The molecule has 5 nitrogen and oxygen atoms in total. The molecule has 1 aromatic carbocycles. The molecule has 1 amide bonds. The second-order valence-corrected chi connectivity index (χ2v) is 5.73. The highest BCUT2D eigenvalue weighted by Gasteiger charge is 2.39. The van der Waals surface area contributed by atoms with Crippen molar-refractivity contribution in [1.29, 1.82) is 0 Å². The molecule has 102 valence electrons. The van der Waals surface area contributed by atoms with Crippen LogP contribution < -0.4 is 0 Å². The quantitative estimate of drug-likeness (QED) is 0.884. The lowest BCUT2D eigenvalue weighted by Gasteiger charge is -2.16. The third-order valence-corrected chi connectivity index (χ3v) is 4.43. The van der Waals surface area contributed by atoms with Gasteiger partial charge >= 0.3 is 12.1 Å². The maximum absolute atomic E-state index is 11.0. The lowest BCUT2D eigenvalue weighted by Crippen LogP contribution is -2.39. The van der Waals surface area contributed by atoms with Crippen LogP contribution in [0.4, 0.5) is 4.79 Å². The summed E-state index contributed by atoms with van der Waals surface area (Å²) in [5.74, 6) is -0.295. The third-order valence-electron chi connectivity index (χ3n) is 3.12. The highest BCUT2D eigenvalue weighted by Crippen LogP contribution is 2.30.